The van der Waals surface area contributed by atoms with Gasteiger partial charge in [-0.1, -0.05) is 26.8 Å². The number of hydrogen-bond acceptors (Lipinski definition) is 2. The lowest BCUT2D eigenvalue weighted by atomic mass is 10.2. The molecule has 0 amide bonds. The van der Waals surface area contributed by atoms with E-state index in [0.717, 1.165) is 16.6 Å². The fourth-order valence-corrected chi connectivity index (χ4v) is 3.21. The Morgan fingerprint density at radius 1 is 1.27 bits per heavy atom. The summed E-state index contributed by atoms with van der Waals surface area (Å²) in [6, 6.07) is 6.22. The fourth-order valence-electron chi connectivity index (χ4n) is 2.25. The van der Waals surface area contributed by atoms with Gasteiger partial charge in [-0.25, -0.2) is 4.79 Å². The molecule has 5 heteroatoms. The van der Waals surface area contributed by atoms with Crippen LogP contribution in [0.4, 0.5) is 0 Å². The number of hydrogen-bond donors (Lipinski definition) is 1. The molecule has 122 valence electrons. The van der Waals surface area contributed by atoms with Gasteiger partial charge in [-0.05, 0) is 49.7 Å². The largest absolute Gasteiger partial charge is 0.413 e. The molecule has 1 aromatic heterocycles. The lowest BCUT2D eigenvalue weighted by molar-refractivity contribution is 0.276. The normalized spacial score (nSPS) is 13.3. The minimum atomic E-state index is -1.76. The molecule has 0 aliphatic carbocycles. The van der Waals surface area contributed by atoms with Crippen LogP contribution in [0.5, 0.6) is 0 Å². The molecule has 1 N–H and O–H groups in total. The van der Waals surface area contributed by atoms with Crippen molar-refractivity contribution in [2.24, 2.45) is 0 Å². The van der Waals surface area contributed by atoms with Crippen molar-refractivity contribution in [2.45, 2.75) is 65.4 Å². The topological polar surface area (TPSA) is 47.0 Å². The first-order valence-corrected chi connectivity index (χ1v) is 10.8. The van der Waals surface area contributed by atoms with Crippen molar-refractivity contribution in [2.75, 3.05) is 0 Å². The van der Waals surface area contributed by atoms with Crippen molar-refractivity contribution in [1.82, 2.24) is 9.55 Å². The Bertz CT molecular complexity index is 720. The van der Waals surface area contributed by atoms with E-state index in [2.05, 4.69) is 44.9 Å². The number of rotatable bonds is 4. The summed E-state index contributed by atoms with van der Waals surface area (Å²) >= 11 is 0. The van der Waals surface area contributed by atoms with Gasteiger partial charge in [0.15, 0.2) is 8.32 Å². The van der Waals surface area contributed by atoms with Crippen LogP contribution in [0.3, 0.4) is 0 Å². The predicted molar refractivity (Wildman–Crippen MR) is 94.9 cm³/mol. The van der Waals surface area contributed by atoms with Crippen molar-refractivity contribution in [3.8, 4) is 0 Å². The highest BCUT2D eigenvalue weighted by Gasteiger charge is 2.37. The SMILES string of the molecule is CC(C)n1c(=O)[nH]c2ccc(CO[Si](C)(C)C(C)(C)C)cc21. The highest BCUT2D eigenvalue weighted by atomic mass is 28.4. The minimum Gasteiger partial charge on any atom is -0.413 e. The molecule has 0 radical (unpaired) electrons. The van der Waals surface area contributed by atoms with Crippen LogP contribution in [0.15, 0.2) is 23.0 Å². The number of nitrogens with one attached hydrogen (secondary N) is 1. The lowest BCUT2D eigenvalue weighted by Gasteiger charge is -2.36. The second-order valence-electron chi connectivity index (χ2n) is 7.79. The summed E-state index contributed by atoms with van der Waals surface area (Å²) in [6.07, 6.45) is 0. The Morgan fingerprint density at radius 3 is 2.45 bits per heavy atom. The Kier molecular flexibility index (Phi) is 4.41. The zero-order valence-electron chi connectivity index (χ0n) is 14.8. The zero-order valence-corrected chi connectivity index (χ0v) is 15.8. The standard InChI is InChI=1S/C17H28N2O2Si/c1-12(2)19-15-10-13(8-9-14(15)18-16(19)20)11-21-22(6,7)17(3,4)5/h8-10,12H,11H2,1-7H3,(H,18,20). The van der Waals surface area contributed by atoms with E-state index in [1.54, 1.807) is 4.57 Å². The second-order valence-corrected chi connectivity index (χ2v) is 12.6. The van der Waals surface area contributed by atoms with E-state index in [1.165, 1.54) is 0 Å². The molecule has 22 heavy (non-hydrogen) atoms. The van der Waals surface area contributed by atoms with Gasteiger partial charge >= 0.3 is 5.69 Å². The van der Waals surface area contributed by atoms with Crippen molar-refractivity contribution in [3.05, 3.63) is 34.2 Å². The second kappa shape index (κ2) is 5.70. The van der Waals surface area contributed by atoms with E-state index in [9.17, 15) is 4.79 Å². The van der Waals surface area contributed by atoms with E-state index in [0.29, 0.717) is 6.61 Å². The van der Waals surface area contributed by atoms with Gasteiger partial charge in [-0.2, -0.15) is 0 Å². The molecule has 0 aliphatic rings. The first kappa shape index (κ1) is 17.0. The zero-order chi connectivity index (χ0) is 16.7. The van der Waals surface area contributed by atoms with Gasteiger partial charge in [0.2, 0.25) is 0 Å². The van der Waals surface area contributed by atoms with Gasteiger partial charge in [0.25, 0.3) is 0 Å². The highest BCUT2D eigenvalue weighted by Crippen LogP contribution is 2.37. The maximum absolute atomic E-state index is 12.0. The predicted octanol–water partition coefficient (Wildman–Crippen LogP) is 4.43. The summed E-state index contributed by atoms with van der Waals surface area (Å²) in [5, 5.41) is 0.200. The first-order chi connectivity index (χ1) is 10.0. The third-order valence-corrected chi connectivity index (χ3v) is 9.18. The molecule has 2 aromatic rings. The molecule has 4 nitrogen and oxygen atoms in total. The number of aromatic amines is 1. The van der Waals surface area contributed by atoms with Crippen LogP contribution in [-0.2, 0) is 11.0 Å². The molecule has 0 spiro atoms. The average Bonchev–Trinajstić information content (AvgIpc) is 2.70. The average molecular weight is 321 g/mol. The van der Waals surface area contributed by atoms with Crippen molar-refractivity contribution >= 4 is 19.4 Å². The summed E-state index contributed by atoms with van der Waals surface area (Å²) in [5.41, 5.74) is 2.91. The van der Waals surface area contributed by atoms with Crippen molar-refractivity contribution in [1.29, 1.82) is 0 Å². The molecule has 1 aromatic carbocycles. The number of imidazole rings is 1. The third kappa shape index (κ3) is 3.20. The Labute approximate surface area is 133 Å². The molecule has 0 saturated carbocycles. The van der Waals surface area contributed by atoms with Crippen LogP contribution in [-0.4, -0.2) is 17.9 Å². The van der Waals surface area contributed by atoms with Gasteiger partial charge < -0.3 is 9.41 Å². The van der Waals surface area contributed by atoms with E-state index < -0.39 is 8.32 Å². The van der Waals surface area contributed by atoms with Gasteiger partial charge in [0, 0.05) is 6.04 Å². The van der Waals surface area contributed by atoms with Crippen molar-refractivity contribution < 1.29 is 4.43 Å². The number of benzene rings is 1. The van der Waals surface area contributed by atoms with Crippen LogP contribution >= 0.6 is 0 Å². The molecule has 0 saturated heterocycles. The smallest absolute Gasteiger partial charge is 0.326 e. The molecule has 0 aliphatic heterocycles. The molecular weight excluding hydrogens is 292 g/mol. The first-order valence-electron chi connectivity index (χ1n) is 7.90. The Morgan fingerprint density at radius 2 is 1.91 bits per heavy atom. The third-order valence-electron chi connectivity index (χ3n) is 4.70. The van der Waals surface area contributed by atoms with Crippen LogP contribution in [0.25, 0.3) is 11.0 Å². The molecule has 0 bridgehead atoms. The Hall–Kier alpha value is -1.33. The van der Waals surface area contributed by atoms with Gasteiger partial charge in [0.05, 0.1) is 17.6 Å². The molecule has 2 rings (SSSR count). The molecule has 0 fully saturated rings. The summed E-state index contributed by atoms with van der Waals surface area (Å²) in [7, 11) is -1.76. The highest BCUT2D eigenvalue weighted by molar-refractivity contribution is 6.74. The van der Waals surface area contributed by atoms with E-state index >= 15 is 0 Å². The summed E-state index contributed by atoms with van der Waals surface area (Å²) in [4.78, 5) is 14.9. The molecule has 0 atom stereocenters. The molecule has 1 heterocycles. The van der Waals surface area contributed by atoms with Gasteiger partial charge in [-0.15, -0.1) is 0 Å². The van der Waals surface area contributed by atoms with E-state index in [4.69, 9.17) is 4.43 Å². The van der Waals surface area contributed by atoms with Crippen molar-refractivity contribution in [3.63, 3.8) is 0 Å². The maximum Gasteiger partial charge on any atom is 0.326 e. The fraction of sp³-hybridized carbons (Fsp3) is 0.588. The summed E-state index contributed by atoms with van der Waals surface area (Å²) in [5.74, 6) is 0. The van der Waals surface area contributed by atoms with Gasteiger partial charge in [0.1, 0.15) is 0 Å². The number of aromatic nitrogens is 2. The maximum atomic E-state index is 12.0. The quantitative estimate of drug-likeness (QED) is 0.847. The summed E-state index contributed by atoms with van der Waals surface area (Å²) in [6.45, 7) is 15.9. The molecule has 0 unspecified atom stereocenters. The summed E-state index contributed by atoms with van der Waals surface area (Å²) < 4.78 is 8.07. The van der Waals surface area contributed by atoms with Crippen LogP contribution < -0.4 is 5.69 Å². The van der Waals surface area contributed by atoms with E-state index in [-0.39, 0.29) is 16.8 Å². The van der Waals surface area contributed by atoms with Gasteiger partial charge in [-0.3, -0.25) is 4.57 Å². The lowest BCUT2D eigenvalue weighted by Crippen LogP contribution is -2.40. The number of fused-ring (bicyclic) bond motifs is 1. The molecular formula is C17H28N2O2Si. The van der Waals surface area contributed by atoms with E-state index in [1.807, 2.05) is 26.0 Å². The number of nitrogens with zero attached hydrogens (tertiary/aromatic N) is 1. The Balaban J connectivity index is 2.31. The van der Waals surface area contributed by atoms with Crippen LogP contribution in [0.1, 0.15) is 46.2 Å². The van der Waals surface area contributed by atoms with Crippen LogP contribution in [0, 0.1) is 0 Å². The number of H-pyrrole nitrogens is 1. The monoisotopic (exact) mass is 320 g/mol. The van der Waals surface area contributed by atoms with Crippen LogP contribution in [0.2, 0.25) is 18.1 Å². The minimum absolute atomic E-state index is 0.0486.